The van der Waals surface area contributed by atoms with Gasteiger partial charge in [-0.25, -0.2) is 0 Å². The van der Waals surface area contributed by atoms with E-state index in [1.165, 1.54) is 6.92 Å². The first-order chi connectivity index (χ1) is 8.70. The van der Waals surface area contributed by atoms with Gasteiger partial charge >= 0.3 is 0 Å². The third kappa shape index (κ3) is 4.73. The molecule has 0 bridgehead atoms. The largest absolute Gasteiger partial charge is 0.508 e. The number of nitrogens with one attached hydrogen (secondary N) is 1. The Morgan fingerprint density at radius 2 is 1.74 bits per heavy atom. The smallest absolute Gasteiger partial charge is 0.225 e. The normalized spacial score (nSPS) is 12.8. The fourth-order valence-corrected chi connectivity index (χ4v) is 1.54. The van der Waals surface area contributed by atoms with Crippen LogP contribution in [0.3, 0.4) is 0 Å². The van der Waals surface area contributed by atoms with E-state index in [4.69, 9.17) is 0 Å². The molecule has 4 heteroatoms. The van der Waals surface area contributed by atoms with E-state index in [2.05, 4.69) is 5.32 Å². The first-order valence-corrected chi connectivity index (χ1v) is 6.29. The minimum Gasteiger partial charge on any atom is -0.508 e. The monoisotopic (exact) mass is 263 g/mol. The maximum atomic E-state index is 11.9. The average Bonchev–Trinajstić information content (AvgIpc) is 2.29. The van der Waals surface area contributed by atoms with Gasteiger partial charge in [-0.15, -0.1) is 0 Å². The van der Waals surface area contributed by atoms with Crippen molar-refractivity contribution in [1.82, 2.24) is 5.32 Å². The summed E-state index contributed by atoms with van der Waals surface area (Å²) in [5.74, 6) is -0.0426. The molecule has 2 N–H and O–H groups in total. The highest BCUT2D eigenvalue weighted by atomic mass is 16.3. The Balaban J connectivity index is 2.77. The number of carbonyl (C=O) groups excluding carboxylic acids is 2. The second kappa shape index (κ2) is 5.87. The Bertz CT molecular complexity index is 457. The van der Waals surface area contributed by atoms with Crippen molar-refractivity contribution in [3.8, 4) is 5.75 Å². The minimum atomic E-state index is -0.531. The summed E-state index contributed by atoms with van der Waals surface area (Å²) < 4.78 is 0. The second-order valence-electron chi connectivity index (χ2n) is 5.76. The molecular weight excluding hydrogens is 242 g/mol. The van der Waals surface area contributed by atoms with Gasteiger partial charge in [0, 0.05) is 5.41 Å². The van der Waals surface area contributed by atoms with Gasteiger partial charge in [0.25, 0.3) is 0 Å². The summed E-state index contributed by atoms with van der Waals surface area (Å²) in [6, 6.07) is 6.09. The van der Waals surface area contributed by atoms with Crippen LogP contribution in [0.4, 0.5) is 0 Å². The van der Waals surface area contributed by atoms with Crippen molar-refractivity contribution in [3.05, 3.63) is 29.8 Å². The lowest BCUT2D eigenvalue weighted by molar-refractivity contribution is -0.132. The summed E-state index contributed by atoms with van der Waals surface area (Å²) in [5, 5.41) is 12.0. The molecule has 1 atom stereocenters. The molecule has 0 aromatic heterocycles. The van der Waals surface area contributed by atoms with Crippen LogP contribution in [0.15, 0.2) is 24.3 Å². The molecule has 19 heavy (non-hydrogen) atoms. The maximum absolute atomic E-state index is 11.9. The number of ketones is 1. The van der Waals surface area contributed by atoms with Crippen LogP contribution in [0.1, 0.15) is 33.3 Å². The molecule has 1 unspecified atom stereocenters. The number of benzene rings is 1. The van der Waals surface area contributed by atoms with Crippen LogP contribution < -0.4 is 5.32 Å². The predicted molar refractivity (Wildman–Crippen MR) is 73.9 cm³/mol. The number of amides is 1. The molecule has 1 rings (SSSR count). The second-order valence-corrected chi connectivity index (χ2v) is 5.76. The molecule has 0 fully saturated rings. The zero-order chi connectivity index (χ0) is 14.6. The summed E-state index contributed by atoms with van der Waals surface area (Å²) in [4.78, 5) is 23.5. The number of Topliss-reactive ketones (excluding diaryl/α,β-unsaturated/α-hetero) is 1. The van der Waals surface area contributed by atoms with Gasteiger partial charge in [-0.05, 0) is 31.0 Å². The minimum absolute atomic E-state index is 0.0781. The number of rotatable bonds is 4. The lowest BCUT2D eigenvalue weighted by atomic mass is 9.94. The van der Waals surface area contributed by atoms with Crippen LogP contribution in [0.2, 0.25) is 0 Å². The van der Waals surface area contributed by atoms with Crippen molar-refractivity contribution in [2.24, 2.45) is 5.41 Å². The molecular formula is C15H21NO3. The Labute approximate surface area is 113 Å². The van der Waals surface area contributed by atoms with E-state index in [1.54, 1.807) is 45.0 Å². The molecule has 1 aromatic carbocycles. The lowest BCUT2D eigenvalue weighted by Gasteiger charge is -2.23. The van der Waals surface area contributed by atoms with E-state index < -0.39 is 11.5 Å². The number of hydrogen-bond donors (Lipinski definition) is 2. The fourth-order valence-electron chi connectivity index (χ4n) is 1.54. The number of phenols is 1. The molecule has 0 aliphatic rings. The molecule has 0 aliphatic carbocycles. The summed E-state index contributed by atoms with van der Waals surface area (Å²) in [5.41, 5.74) is 0.370. The number of carbonyl (C=O) groups is 2. The van der Waals surface area contributed by atoms with E-state index in [-0.39, 0.29) is 17.4 Å². The van der Waals surface area contributed by atoms with Crippen LogP contribution in [0.25, 0.3) is 0 Å². The summed E-state index contributed by atoms with van der Waals surface area (Å²) in [6.07, 6.45) is 0.428. The molecule has 0 spiro atoms. The molecule has 0 saturated carbocycles. The molecule has 0 heterocycles. The van der Waals surface area contributed by atoms with Gasteiger partial charge in [0.05, 0.1) is 6.04 Å². The third-order valence-electron chi connectivity index (χ3n) is 2.85. The zero-order valence-corrected chi connectivity index (χ0v) is 11.9. The zero-order valence-electron chi connectivity index (χ0n) is 11.9. The van der Waals surface area contributed by atoms with Crippen LogP contribution in [0.5, 0.6) is 5.75 Å². The molecule has 4 nitrogen and oxygen atoms in total. The fraction of sp³-hybridized carbons (Fsp3) is 0.467. The summed E-state index contributed by atoms with van der Waals surface area (Å²) in [6.45, 7) is 6.88. The molecule has 0 saturated heterocycles. The van der Waals surface area contributed by atoms with Crippen molar-refractivity contribution >= 4 is 11.7 Å². The van der Waals surface area contributed by atoms with Crippen LogP contribution >= 0.6 is 0 Å². The molecule has 1 aromatic rings. The van der Waals surface area contributed by atoms with Crippen molar-refractivity contribution in [3.63, 3.8) is 0 Å². The van der Waals surface area contributed by atoms with Crippen molar-refractivity contribution < 1.29 is 14.7 Å². The van der Waals surface area contributed by atoms with Crippen LogP contribution in [0, 0.1) is 5.41 Å². The standard InChI is InChI=1S/C15H21NO3/c1-10(17)13(16-14(19)15(2,3)4)9-11-5-7-12(18)8-6-11/h5-8,13,18H,9H2,1-4H3,(H,16,19). The summed E-state index contributed by atoms with van der Waals surface area (Å²) in [7, 11) is 0. The number of aromatic hydroxyl groups is 1. The van der Waals surface area contributed by atoms with Gasteiger partial charge in [0.2, 0.25) is 5.91 Å². The predicted octanol–water partition coefficient (Wildman–Crippen LogP) is 2.05. The van der Waals surface area contributed by atoms with Crippen molar-refractivity contribution in [2.75, 3.05) is 0 Å². The Hall–Kier alpha value is -1.84. The quantitative estimate of drug-likeness (QED) is 0.873. The van der Waals surface area contributed by atoms with Gasteiger partial charge in [-0.1, -0.05) is 32.9 Å². The van der Waals surface area contributed by atoms with E-state index in [9.17, 15) is 14.7 Å². The lowest BCUT2D eigenvalue weighted by Crippen LogP contribution is -2.46. The van der Waals surface area contributed by atoms with Crippen LogP contribution in [-0.4, -0.2) is 22.8 Å². The Kier molecular flexibility index (Phi) is 4.70. The molecule has 104 valence electrons. The van der Waals surface area contributed by atoms with Crippen LogP contribution in [-0.2, 0) is 16.0 Å². The van der Waals surface area contributed by atoms with Gasteiger partial charge in [0.1, 0.15) is 5.75 Å². The average molecular weight is 263 g/mol. The third-order valence-corrected chi connectivity index (χ3v) is 2.85. The summed E-state index contributed by atoms with van der Waals surface area (Å²) >= 11 is 0. The molecule has 0 radical (unpaired) electrons. The SMILES string of the molecule is CC(=O)C(Cc1ccc(O)cc1)NC(=O)C(C)(C)C. The van der Waals surface area contributed by atoms with Crippen molar-refractivity contribution in [2.45, 2.75) is 40.2 Å². The highest BCUT2D eigenvalue weighted by Crippen LogP contribution is 2.15. The number of phenolic OH excluding ortho intramolecular Hbond substituents is 1. The molecule has 1 amide bonds. The first kappa shape index (κ1) is 15.2. The van der Waals surface area contributed by atoms with Gasteiger partial charge < -0.3 is 10.4 Å². The van der Waals surface area contributed by atoms with E-state index >= 15 is 0 Å². The van der Waals surface area contributed by atoms with Gasteiger partial charge in [-0.3, -0.25) is 9.59 Å². The topological polar surface area (TPSA) is 66.4 Å². The van der Waals surface area contributed by atoms with E-state index in [1.807, 2.05) is 0 Å². The highest BCUT2D eigenvalue weighted by molar-refractivity contribution is 5.89. The van der Waals surface area contributed by atoms with Crippen molar-refractivity contribution in [1.29, 1.82) is 0 Å². The Morgan fingerprint density at radius 3 is 2.16 bits per heavy atom. The molecule has 0 aliphatic heterocycles. The van der Waals surface area contributed by atoms with Gasteiger partial charge in [0.15, 0.2) is 5.78 Å². The Morgan fingerprint density at radius 1 is 1.21 bits per heavy atom. The van der Waals surface area contributed by atoms with E-state index in [0.29, 0.717) is 6.42 Å². The highest BCUT2D eigenvalue weighted by Gasteiger charge is 2.25. The number of hydrogen-bond acceptors (Lipinski definition) is 3. The van der Waals surface area contributed by atoms with Gasteiger partial charge in [-0.2, -0.15) is 0 Å². The maximum Gasteiger partial charge on any atom is 0.225 e. The first-order valence-electron chi connectivity index (χ1n) is 6.29. The van der Waals surface area contributed by atoms with E-state index in [0.717, 1.165) is 5.56 Å².